The first kappa shape index (κ1) is 25.8. The molecular formula is C28H40N4O2S. The van der Waals surface area contributed by atoms with Crippen molar-refractivity contribution in [3.63, 3.8) is 0 Å². The second-order valence-corrected chi connectivity index (χ2v) is 11.4. The van der Waals surface area contributed by atoms with Crippen LogP contribution in [0.1, 0.15) is 81.8 Å². The summed E-state index contributed by atoms with van der Waals surface area (Å²) in [6.45, 7) is 7.19. The van der Waals surface area contributed by atoms with Crippen LogP contribution in [0, 0.1) is 0 Å². The van der Waals surface area contributed by atoms with Crippen molar-refractivity contribution in [1.82, 2.24) is 20.0 Å². The fourth-order valence-corrected chi connectivity index (χ4v) is 6.03. The van der Waals surface area contributed by atoms with Crippen LogP contribution in [0.25, 0.3) is 11.3 Å². The first-order chi connectivity index (χ1) is 17.0. The van der Waals surface area contributed by atoms with Crippen LogP contribution in [0.5, 0.6) is 0 Å². The predicted octanol–water partition coefficient (Wildman–Crippen LogP) is 5.31. The Bertz CT molecular complexity index is 1010. The third kappa shape index (κ3) is 5.76. The average molecular weight is 497 g/mol. The van der Waals surface area contributed by atoms with Crippen LogP contribution in [0.3, 0.4) is 0 Å². The number of benzene rings is 1. The Morgan fingerprint density at radius 3 is 2.57 bits per heavy atom. The van der Waals surface area contributed by atoms with Gasteiger partial charge < -0.3 is 10.2 Å². The Balaban J connectivity index is 1.59. The number of thioether (sulfide) groups is 1. The molecule has 1 fully saturated rings. The molecule has 1 aromatic carbocycles. The van der Waals surface area contributed by atoms with Crippen molar-refractivity contribution in [3.8, 4) is 11.3 Å². The van der Waals surface area contributed by atoms with Crippen LogP contribution in [-0.4, -0.2) is 56.1 Å². The van der Waals surface area contributed by atoms with E-state index in [0.717, 1.165) is 67.7 Å². The summed E-state index contributed by atoms with van der Waals surface area (Å²) in [5.41, 5.74) is 2.67. The fourth-order valence-electron chi connectivity index (χ4n) is 5.20. The molecule has 190 valence electrons. The van der Waals surface area contributed by atoms with E-state index in [1.165, 1.54) is 12.0 Å². The number of hydrogen-bond donors (Lipinski definition) is 1. The van der Waals surface area contributed by atoms with Crippen molar-refractivity contribution < 1.29 is 9.59 Å². The van der Waals surface area contributed by atoms with E-state index in [0.29, 0.717) is 18.8 Å². The van der Waals surface area contributed by atoms with Crippen molar-refractivity contribution >= 4 is 23.6 Å². The molecule has 0 spiro atoms. The second-order valence-electron chi connectivity index (χ2n) is 10.1. The Hall–Kier alpha value is -2.28. The van der Waals surface area contributed by atoms with Gasteiger partial charge in [-0.2, -0.15) is 16.9 Å². The van der Waals surface area contributed by atoms with Gasteiger partial charge in [-0.25, -0.2) is 0 Å². The normalized spacial score (nSPS) is 20.7. The highest BCUT2D eigenvalue weighted by atomic mass is 32.2. The minimum Gasteiger partial charge on any atom is -0.351 e. The number of aromatic nitrogens is 2. The van der Waals surface area contributed by atoms with E-state index in [4.69, 9.17) is 5.10 Å². The molecule has 6 nitrogen and oxygen atoms in total. The van der Waals surface area contributed by atoms with Crippen LogP contribution in [0.2, 0.25) is 0 Å². The first-order valence-corrected chi connectivity index (χ1v) is 14.5. The van der Waals surface area contributed by atoms with E-state index in [9.17, 15) is 9.59 Å². The van der Waals surface area contributed by atoms with Gasteiger partial charge in [0.25, 0.3) is 5.91 Å². The topological polar surface area (TPSA) is 67.2 Å². The number of amides is 2. The van der Waals surface area contributed by atoms with E-state index in [2.05, 4.69) is 43.4 Å². The number of fused-ring (bicyclic) bond motifs is 1. The summed E-state index contributed by atoms with van der Waals surface area (Å²) in [7, 11) is 0. The zero-order valence-electron chi connectivity index (χ0n) is 21.5. The van der Waals surface area contributed by atoms with Gasteiger partial charge in [-0.05, 0) is 62.2 Å². The van der Waals surface area contributed by atoms with E-state index in [-0.39, 0.29) is 17.9 Å². The number of nitrogens with zero attached hydrogens (tertiary/aromatic N) is 3. The van der Waals surface area contributed by atoms with Gasteiger partial charge in [0.05, 0.1) is 12.2 Å². The van der Waals surface area contributed by atoms with E-state index >= 15 is 0 Å². The highest BCUT2D eigenvalue weighted by Crippen LogP contribution is 2.31. The molecule has 1 unspecified atom stereocenters. The van der Waals surface area contributed by atoms with Crippen molar-refractivity contribution in [3.05, 3.63) is 41.6 Å². The summed E-state index contributed by atoms with van der Waals surface area (Å²) in [5, 5.41) is 8.09. The highest BCUT2D eigenvalue weighted by molar-refractivity contribution is 7.99. The minimum atomic E-state index is -0.952. The van der Waals surface area contributed by atoms with Crippen molar-refractivity contribution in [2.24, 2.45) is 0 Å². The molecule has 1 aliphatic heterocycles. The molecule has 1 saturated carbocycles. The van der Waals surface area contributed by atoms with Gasteiger partial charge in [0.2, 0.25) is 5.91 Å². The zero-order valence-corrected chi connectivity index (χ0v) is 22.3. The summed E-state index contributed by atoms with van der Waals surface area (Å²) < 4.78 is 1.76. The van der Waals surface area contributed by atoms with Crippen LogP contribution in [0.4, 0.5) is 0 Å². The minimum absolute atomic E-state index is 0.0473. The molecule has 2 aliphatic rings. The standard InChI is InChI=1S/C28H40N4O2S/c1-4-17-35-18-9-16-31-26(33)25-19-24(22-14-12-21(5-2)13-15-22)30-32(25)20-28(31,3)27(34)29-23-10-7-6-8-11-23/h12-15,19,23H,4-11,16-18,20H2,1-3H3,(H,29,34). The number of carbonyl (C=O) groups is 2. The van der Waals surface area contributed by atoms with Crippen LogP contribution >= 0.6 is 11.8 Å². The molecule has 2 aromatic rings. The maximum Gasteiger partial charge on any atom is 0.273 e. The Labute approximate surface area is 214 Å². The van der Waals surface area contributed by atoms with Crippen LogP contribution < -0.4 is 5.32 Å². The van der Waals surface area contributed by atoms with E-state index < -0.39 is 5.54 Å². The Morgan fingerprint density at radius 1 is 1.14 bits per heavy atom. The molecule has 1 aliphatic carbocycles. The van der Waals surface area contributed by atoms with E-state index in [1.54, 1.807) is 4.68 Å². The van der Waals surface area contributed by atoms with Crippen LogP contribution in [-0.2, 0) is 17.8 Å². The number of nitrogens with one attached hydrogen (secondary N) is 1. The molecule has 1 atom stereocenters. The summed E-state index contributed by atoms with van der Waals surface area (Å²) in [6, 6.07) is 10.4. The van der Waals surface area contributed by atoms with Gasteiger partial charge in [-0.15, -0.1) is 0 Å². The second kappa shape index (κ2) is 11.6. The lowest BCUT2D eigenvalue weighted by Crippen LogP contribution is -2.65. The SMILES string of the molecule is CCCSCCCN1C(=O)c2cc(-c3ccc(CC)cc3)nn2CC1(C)C(=O)NC1CCCCC1. The Morgan fingerprint density at radius 2 is 1.89 bits per heavy atom. The molecule has 0 radical (unpaired) electrons. The monoisotopic (exact) mass is 496 g/mol. The van der Waals surface area contributed by atoms with E-state index in [1.807, 2.05) is 29.7 Å². The maximum atomic E-state index is 13.8. The van der Waals surface area contributed by atoms with Gasteiger partial charge >= 0.3 is 0 Å². The fraction of sp³-hybridized carbons (Fsp3) is 0.607. The summed E-state index contributed by atoms with van der Waals surface area (Å²) >= 11 is 1.91. The first-order valence-electron chi connectivity index (χ1n) is 13.3. The molecule has 35 heavy (non-hydrogen) atoms. The number of rotatable bonds is 10. The summed E-state index contributed by atoms with van der Waals surface area (Å²) in [5.74, 6) is 1.97. The smallest absolute Gasteiger partial charge is 0.273 e. The third-order valence-corrected chi connectivity index (χ3v) is 8.68. The van der Waals surface area contributed by atoms with Crippen LogP contribution in [0.15, 0.2) is 30.3 Å². The molecule has 7 heteroatoms. The van der Waals surface area contributed by atoms with Crippen molar-refractivity contribution in [2.75, 3.05) is 18.1 Å². The largest absolute Gasteiger partial charge is 0.351 e. The van der Waals surface area contributed by atoms with Gasteiger partial charge in [-0.1, -0.05) is 57.4 Å². The highest BCUT2D eigenvalue weighted by Gasteiger charge is 2.48. The molecule has 0 bridgehead atoms. The molecular weight excluding hydrogens is 456 g/mol. The molecule has 1 N–H and O–H groups in total. The van der Waals surface area contributed by atoms with Gasteiger partial charge in [-0.3, -0.25) is 14.3 Å². The summed E-state index contributed by atoms with van der Waals surface area (Å²) in [4.78, 5) is 29.3. The number of carbonyl (C=O) groups excluding carboxylic acids is 2. The molecule has 1 aromatic heterocycles. The molecule has 0 saturated heterocycles. The predicted molar refractivity (Wildman–Crippen MR) is 144 cm³/mol. The van der Waals surface area contributed by atoms with Gasteiger partial charge in [0, 0.05) is 18.2 Å². The van der Waals surface area contributed by atoms with Crippen molar-refractivity contribution in [1.29, 1.82) is 0 Å². The third-order valence-electron chi connectivity index (χ3n) is 7.40. The lowest BCUT2D eigenvalue weighted by molar-refractivity contribution is -0.134. The molecule has 2 heterocycles. The quantitative estimate of drug-likeness (QED) is 0.453. The maximum absolute atomic E-state index is 13.8. The number of aryl methyl sites for hydroxylation is 1. The van der Waals surface area contributed by atoms with Crippen molar-refractivity contribution in [2.45, 2.75) is 90.3 Å². The number of hydrogen-bond acceptors (Lipinski definition) is 4. The lowest BCUT2D eigenvalue weighted by atomic mass is 9.91. The van der Waals surface area contributed by atoms with Gasteiger partial charge in [0.1, 0.15) is 11.2 Å². The van der Waals surface area contributed by atoms with Gasteiger partial charge in [0.15, 0.2) is 0 Å². The zero-order chi connectivity index (χ0) is 24.8. The molecule has 2 amide bonds. The Kier molecular flexibility index (Phi) is 8.58. The molecule has 4 rings (SSSR count). The summed E-state index contributed by atoms with van der Waals surface area (Å²) in [6.07, 6.45) is 8.60. The average Bonchev–Trinajstić information content (AvgIpc) is 3.30. The lowest BCUT2D eigenvalue weighted by Gasteiger charge is -2.44.